The first kappa shape index (κ1) is 19.8. The number of methoxy groups -OCH3 is 1. The molecule has 0 spiro atoms. The number of carbonyl (C=O) groups excluding carboxylic acids is 1. The first-order valence-corrected chi connectivity index (χ1v) is 8.56. The van der Waals surface area contributed by atoms with E-state index in [1.54, 1.807) is 30.3 Å². The highest BCUT2D eigenvalue weighted by Gasteiger charge is 2.11. The van der Waals surface area contributed by atoms with Crippen molar-refractivity contribution in [2.24, 2.45) is 0 Å². The molecule has 0 unspecified atom stereocenters. The Morgan fingerprint density at radius 1 is 1.31 bits per heavy atom. The number of nitrogens with one attached hydrogen (secondary N) is 1. The van der Waals surface area contributed by atoms with Crippen molar-refractivity contribution >= 4 is 23.6 Å². The lowest BCUT2D eigenvalue weighted by Gasteiger charge is -2.13. The molecule has 1 N–H and O–H groups in total. The van der Waals surface area contributed by atoms with Gasteiger partial charge in [-0.25, -0.2) is 4.39 Å². The zero-order valence-electron chi connectivity index (χ0n) is 14.9. The second-order valence-electron chi connectivity index (χ2n) is 5.58. The number of halogens is 2. The van der Waals surface area contributed by atoms with Gasteiger partial charge >= 0.3 is 0 Å². The highest BCUT2D eigenvalue weighted by Crippen LogP contribution is 2.36. The molecule has 2 rings (SSSR count). The van der Waals surface area contributed by atoms with E-state index >= 15 is 0 Å². The predicted molar refractivity (Wildman–Crippen MR) is 101 cm³/mol. The summed E-state index contributed by atoms with van der Waals surface area (Å²) in [5.74, 6) is 0.390. The van der Waals surface area contributed by atoms with Crippen molar-refractivity contribution in [3.8, 4) is 11.5 Å². The molecule has 0 aromatic heterocycles. The second-order valence-corrected chi connectivity index (χ2v) is 5.99. The molecule has 0 heterocycles. The van der Waals surface area contributed by atoms with E-state index in [1.165, 1.54) is 25.3 Å². The van der Waals surface area contributed by atoms with Gasteiger partial charge in [-0.05, 0) is 55.3 Å². The molecule has 1 atom stereocenters. The maximum Gasteiger partial charge on any atom is 0.244 e. The van der Waals surface area contributed by atoms with Crippen LogP contribution in [-0.4, -0.2) is 19.6 Å². The fourth-order valence-electron chi connectivity index (χ4n) is 2.39. The third-order valence-corrected chi connectivity index (χ3v) is 3.98. The fourth-order valence-corrected chi connectivity index (χ4v) is 2.66. The van der Waals surface area contributed by atoms with E-state index in [0.29, 0.717) is 28.7 Å². The number of benzene rings is 2. The molecule has 0 radical (unpaired) electrons. The zero-order valence-corrected chi connectivity index (χ0v) is 15.6. The summed E-state index contributed by atoms with van der Waals surface area (Å²) in [5, 5.41) is 3.23. The fraction of sp³-hybridized carbons (Fsp3) is 0.250. The van der Waals surface area contributed by atoms with E-state index in [4.69, 9.17) is 21.1 Å². The summed E-state index contributed by atoms with van der Waals surface area (Å²) in [6, 6.07) is 9.20. The van der Waals surface area contributed by atoms with Crippen LogP contribution in [0, 0.1) is 5.82 Å². The lowest BCUT2D eigenvalue weighted by atomic mass is 10.1. The largest absolute Gasteiger partial charge is 0.493 e. The van der Waals surface area contributed by atoms with Crippen LogP contribution >= 0.6 is 11.6 Å². The highest BCUT2D eigenvalue weighted by molar-refractivity contribution is 6.32. The third kappa shape index (κ3) is 5.23. The summed E-state index contributed by atoms with van der Waals surface area (Å²) in [7, 11) is 1.53. The van der Waals surface area contributed by atoms with E-state index in [2.05, 4.69) is 5.32 Å². The summed E-state index contributed by atoms with van der Waals surface area (Å²) < 4.78 is 23.7. The predicted octanol–water partition coefficient (Wildman–Crippen LogP) is 4.78. The number of ether oxygens (including phenoxy) is 2. The van der Waals surface area contributed by atoms with Crippen LogP contribution < -0.4 is 14.8 Å². The average Bonchev–Trinajstić information content (AvgIpc) is 2.62. The minimum absolute atomic E-state index is 0.244. The van der Waals surface area contributed by atoms with Gasteiger partial charge < -0.3 is 14.8 Å². The zero-order chi connectivity index (χ0) is 19.1. The van der Waals surface area contributed by atoms with Crippen LogP contribution in [0.5, 0.6) is 11.5 Å². The van der Waals surface area contributed by atoms with Crippen molar-refractivity contribution in [3.05, 3.63) is 64.4 Å². The molecule has 0 saturated heterocycles. The maximum atomic E-state index is 13.0. The van der Waals surface area contributed by atoms with Gasteiger partial charge in [0.15, 0.2) is 11.5 Å². The monoisotopic (exact) mass is 377 g/mol. The topological polar surface area (TPSA) is 47.6 Å². The molecule has 0 saturated carbocycles. The molecule has 138 valence electrons. The SMILES string of the molecule is CCOc1c(Cl)cc(/C=C/C(=O)N[C@@H](C)c2ccc(F)cc2)cc1OC. The highest BCUT2D eigenvalue weighted by atomic mass is 35.5. The molecule has 2 aromatic rings. The lowest BCUT2D eigenvalue weighted by Crippen LogP contribution is -2.24. The minimum Gasteiger partial charge on any atom is -0.493 e. The van der Waals surface area contributed by atoms with Crippen LogP contribution in [0.25, 0.3) is 6.08 Å². The maximum absolute atomic E-state index is 13.0. The Balaban J connectivity index is 2.07. The molecule has 0 fully saturated rings. The van der Waals surface area contributed by atoms with Crippen LogP contribution in [0.1, 0.15) is 31.0 Å². The molecule has 26 heavy (non-hydrogen) atoms. The molecule has 0 aliphatic heterocycles. The molecule has 0 aliphatic carbocycles. The number of rotatable bonds is 7. The van der Waals surface area contributed by atoms with Crippen LogP contribution in [0.4, 0.5) is 4.39 Å². The Hall–Kier alpha value is -2.53. The van der Waals surface area contributed by atoms with E-state index in [1.807, 2.05) is 13.8 Å². The van der Waals surface area contributed by atoms with Gasteiger partial charge in [0.1, 0.15) is 5.82 Å². The number of hydrogen-bond donors (Lipinski definition) is 1. The molecule has 2 aromatic carbocycles. The summed E-state index contributed by atoms with van der Waals surface area (Å²) >= 11 is 6.21. The van der Waals surface area contributed by atoms with Gasteiger partial charge in [-0.3, -0.25) is 4.79 Å². The van der Waals surface area contributed by atoms with E-state index in [9.17, 15) is 9.18 Å². The first-order valence-electron chi connectivity index (χ1n) is 8.19. The van der Waals surface area contributed by atoms with Crippen molar-refractivity contribution in [1.82, 2.24) is 5.32 Å². The second kappa shape index (κ2) is 9.25. The standard InChI is InChI=1S/C20H21ClFNO3/c1-4-26-20-17(21)11-14(12-18(20)25-3)5-10-19(24)23-13(2)15-6-8-16(22)9-7-15/h5-13H,4H2,1-3H3,(H,23,24)/b10-5+/t13-/m0/s1. The van der Waals surface area contributed by atoms with Crippen molar-refractivity contribution in [1.29, 1.82) is 0 Å². The molecule has 4 nitrogen and oxygen atoms in total. The van der Waals surface area contributed by atoms with Crippen LogP contribution in [0.3, 0.4) is 0 Å². The molecule has 0 bridgehead atoms. The van der Waals surface area contributed by atoms with Gasteiger partial charge in [0, 0.05) is 6.08 Å². The van der Waals surface area contributed by atoms with Crippen molar-refractivity contribution < 1.29 is 18.7 Å². The van der Waals surface area contributed by atoms with Gasteiger partial charge in [-0.1, -0.05) is 23.7 Å². The summed E-state index contributed by atoms with van der Waals surface area (Å²) in [6.45, 7) is 4.15. The molecular weight excluding hydrogens is 357 g/mol. The minimum atomic E-state index is -0.312. The Labute approximate surface area is 157 Å². The lowest BCUT2D eigenvalue weighted by molar-refractivity contribution is -0.117. The molecule has 1 amide bonds. The number of amides is 1. The van der Waals surface area contributed by atoms with Gasteiger partial charge in [-0.15, -0.1) is 0 Å². The van der Waals surface area contributed by atoms with E-state index < -0.39 is 0 Å². The molecular formula is C20H21ClFNO3. The molecule has 6 heteroatoms. The number of hydrogen-bond acceptors (Lipinski definition) is 3. The van der Waals surface area contributed by atoms with Gasteiger partial charge in [-0.2, -0.15) is 0 Å². The van der Waals surface area contributed by atoms with Crippen molar-refractivity contribution in [2.75, 3.05) is 13.7 Å². The van der Waals surface area contributed by atoms with Gasteiger partial charge in [0.25, 0.3) is 0 Å². The quantitative estimate of drug-likeness (QED) is 0.706. The van der Waals surface area contributed by atoms with Crippen LogP contribution in [-0.2, 0) is 4.79 Å². The smallest absolute Gasteiger partial charge is 0.244 e. The van der Waals surface area contributed by atoms with Gasteiger partial charge in [0.2, 0.25) is 5.91 Å². The normalized spacial score (nSPS) is 12.0. The van der Waals surface area contributed by atoms with E-state index in [0.717, 1.165) is 5.56 Å². The summed E-state index contributed by atoms with van der Waals surface area (Å²) in [4.78, 5) is 12.1. The van der Waals surface area contributed by atoms with Crippen molar-refractivity contribution in [2.45, 2.75) is 19.9 Å². The number of carbonyl (C=O) groups is 1. The Kier molecular flexibility index (Phi) is 7.04. The third-order valence-electron chi connectivity index (χ3n) is 3.70. The Bertz CT molecular complexity index is 790. The van der Waals surface area contributed by atoms with Gasteiger partial charge in [0.05, 0.1) is 24.8 Å². The first-order chi connectivity index (χ1) is 12.4. The van der Waals surface area contributed by atoms with E-state index in [-0.39, 0.29) is 17.8 Å². The van der Waals surface area contributed by atoms with Crippen molar-refractivity contribution in [3.63, 3.8) is 0 Å². The summed E-state index contributed by atoms with van der Waals surface area (Å²) in [6.07, 6.45) is 3.04. The summed E-state index contributed by atoms with van der Waals surface area (Å²) in [5.41, 5.74) is 1.53. The van der Waals surface area contributed by atoms with Crippen LogP contribution in [0.15, 0.2) is 42.5 Å². The Morgan fingerprint density at radius 3 is 2.62 bits per heavy atom. The van der Waals surface area contributed by atoms with Crippen LogP contribution in [0.2, 0.25) is 5.02 Å². The molecule has 0 aliphatic rings. The average molecular weight is 378 g/mol. The Morgan fingerprint density at radius 2 is 2.00 bits per heavy atom.